The molecule has 0 spiro atoms. The maximum atomic E-state index is 12.9. The lowest BCUT2D eigenvalue weighted by Crippen LogP contribution is -2.33. The van der Waals surface area contributed by atoms with E-state index >= 15 is 0 Å². The van der Waals surface area contributed by atoms with E-state index in [-0.39, 0.29) is 18.5 Å². The maximum absolute atomic E-state index is 12.9. The molecule has 1 amide bonds. The molecule has 0 radical (unpaired) electrons. The zero-order valence-corrected chi connectivity index (χ0v) is 27.9. The molecular weight excluding hydrogens is 614 g/mol. The van der Waals surface area contributed by atoms with Crippen molar-refractivity contribution in [3.63, 3.8) is 0 Å². The van der Waals surface area contributed by atoms with Gasteiger partial charge in [0, 0.05) is 18.6 Å². The summed E-state index contributed by atoms with van der Waals surface area (Å²) in [6.07, 6.45) is 10.6. The van der Waals surface area contributed by atoms with E-state index in [0.717, 1.165) is 38.3 Å². The van der Waals surface area contributed by atoms with Gasteiger partial charge in [-0.2, -0.15) is 5.10 Å². The molecule has 7 nitrogen and oxygen atoms in total. The molecule has 1 N–H and O–H groups in total. The second-order valence-corrected chi connectivity index (χ2v) is 10.6. The summed E-state index contributed by atoms with van der Waals surface area (Å²) < 4.78 is 2.83. The zero-order valence-electron chi connectivity index (χ0n) is 25.6. The van der Waals surface area contributed by atoms with Crippen molar-refractivity contribution in [2.24, 2.45) is 5.16 Å². The van der Waals surface area contributed by atoms with Crippen molar-refractivity contribution in [1.82, 2.24) is 20.0 Å². The van der Waals surface area contributed by atoms with E-state index in [2.05, 4.69) is 51.2 Å². The fraction of sp³-hybridized carbons (Fsp3) is 0.364. The predicted molar refractivity (Wildman–Crippen MR) is 181 cm³/mol. The van der Waals surface area contributed by atoms with Gasteiger partial charge < -0.3 is 9.74 Å². The van der Waals surface area contributed by atoms with E-state index in [1.807, 2.05) is 81.9 Å². The highest BCUT2D eigenvalue weighted by atomic mass is 79.9. The predicted octanol–water partition coefficient (Wildman–Crippen LogP) is 8.12. The van der Waals surface area contributed by atoms with E-state index in [9.17, 15) is 4.79 Å². The van der Waals surface area contributed by atoms with Gasteiger partial charge in [0.2, 0.25) is 5.91 Å². The van der Waals surface area contributed by atoms with Crippen LogP contribution >= 0.6 is 27.5 Å². The molecule has 0 aliphatic rings. The molecule has 0 fully saturated rings. The fourth-order valence-corrected chi connectivity index (χ4v) is 4.22. The summed E-state index contributed by atoms with van der Waals surface area (Å²) in [5, 5.41) is 12.9. The number of amides is 1. The lowest BCUT2D eigenvalue weighted by Gasteiger charge is -2.21. The first-order valence-electron chi connectivity index (χ1n) is 14.0. The highest BCUT2D eigenvalue weighted by Crippen LogP contribution is 2.23. The van der Waals surface area contributed by atoms with E-state index in [1.54, 1.807) is 23.2 Å². The van der Waals surface area contributed by atoms with Crippen LogP contribution in [0.5, 0.6) is 0 Å². The van der Waals surface area contributed by atoms with Gasteiger partial charge in [-0.1, -0.05) is 85.4 Å². The van der Waals surface area contributed by atoms with Gasteiger partial charge in [-0.05, 0) is 78.9 Å². The molecule has 1 atom stereocenters. The summed E-state index contributed by atoms with van der Waals surface area (Å²) in [6, 6.07) is 9.63. The minimum Gasteiger partial charge on any atom is -0.396 e. The average molecular weight is 659 g/mol. The number of oxime groups is 1. The third kappa shape index (κ3) is 12.3. The van der Waals surface area contributed by atoms with E-state index < -0.39 is 0 Å². The molecule has 1 unspecified atom stereocenters. The number of allylic oxidation sites excluding steroid dienone is 6. The number of carbonyl (C=O) groups is 1. The van der Waals surface area contributed by atoms with Gasteiger partial charge >= 0.3 is 0 Å². The number of nitrogens with zero attached hydrogens (tertiary/aromatic N) is 4. The molecule has 1 heterocycles. The first-order valence-corrected chi connectivity index (χ1v) is 15.2. The van der Waals surface area contributed by atoms with Crippen LogP contribution in [-0.4, -0.2) is 53.0 Å². The molecule has 0 saturated heterocycles. The molecule has 0 aliphatic carbocycles. The minimum absolute atomic E-state index is 0.0200. The van der Waals surface area contributed by atoms with Crippen LogP contribution in [0.15, 0.2) is 106 Å². The van der Waals surface area contributed by atoms with Crippen molar-refractivity contribution >= 4 is 39.1 Å². The monoisotopic (exact) mass is 657 g/mol. The molecule has 0 bridgehead atoms. The molecule has 0 aliphatic heterocycles. The molecular formula is C33H45BrClN5O2. The Kier molecular flexibility index (Phi) is 18.1. The third-order valence-electron chi connectivity index (χ3n) is 6.06. The SMILES string of the molecule is C=C/C(C(=C)C=CC(NCCCN(C)C(=O)C/C(=N\OCC)c1ccccc1)n1ncc(Br)c1C)=C(/Cl)CC.C=CC. The van der Waals surface area contributed by atoms with Crippen molar-refractivity contribution in [3.05, 3.63) is 112 Å². The van der Waals surface area contributed by atoms with Gasteiger partial charge in [-0.25, -0.2) is 4.68 Å². The van der Waals surface area contributed by atoms with Crippen molar-refractivity contribution in [1.29, 1.82) is 0 Å². The van der Waals surface area contributed by atoms with Gasteiger partial charge in [-0.15, -0.1) is 6.58 Å². The number of rotatable bonds is 16. The maximum Gasteiger partial charge on any atom is 0.228 e. The fourth-order valence-electron chi connectivity index (χ4n) is 3.75. The molecule has 2 rings (SSSR count). The standard InChI is InChI=1S/C30H39BrClN5O2.C3H6/c1-7-25(27(32)8-2)22(4)16-17-29(37-23(5)26(31)21-34-37)33-18-13-19-36(6)30(38)20-28(35-39-9-3)24-14-11-10-12-15-24;1-3-2/h7,10-12,14-17,21,29,33H,1,4,8-9,13,18-20H2,2-3,5-6H3;3H,1H2,2H3/b17-16?,27-25-,35-28+;. The van der Waals surface area contributed by atoms with E-state index in [1.165, 1.54) is 0 Å². The second kappa shape index (κ2) is 20.6. The number of hydrogen-bond donors (Lipinski definition) is 1. The van der Waals surface area contributed by atoms with Crippen LogP contribution < -0.4 is 5.32 Å². The quantitative estimate of drug-likeness (QED) is 0.0650. The van der Waals surface area contributed by atoms with Crippen LogP contribution in [0.25, 0.3) is 0 Å². The topological polar surface area (TPSA) is 71.8 Å². The van der Waals surface area contributed by atoms with Gasteiger partial charge in [0.15, 0.2) is 0 Å². The smallest absolute Gasteiger partial charge is 0.228 e. The Morgan fingerprint density at radius 1 is 1.29 bits per heavy atom. The Hall–Kier alpha value is -3.20. The Morgan fingerprint density at radius 3 is 2.50 bits per heavy atom. The van der Waals surface area contributed by atoms with Crippen LogP contribution in [0, 0.1) is 6.92 Å². The molecule has 9 heteroatoms. The number of carbonyl (C=O) groups excluding carboxylic acids is 1. The Bertz CT molecular complexity index is 1250. The lowest BCUT2D eigenvalue weighted by molar-refractivity contribution is -0.128. The van der Waals surface area contributed by atoms with E-state index in [0.29, 0.717) is 31.8 Å². The second-order valence-electron chi connectivity index (χ2n) is 9.26. The number of hydrogen-bond acceptors (Lipinski definition) is 5. The van der Waals surface area contributed by atoms with Crippen molar-refractivity contribution < 1.29 is 9.63 Å². The van der Waals surface area contributed by atoms with E-state index in [4.69, 9.17) is 16.4 Å². The molecule has 42 heavy (non-hydrogen) atoms. The van der Waals surface area contributed by atoms with Crippen LogP contribution in [0.1, 0.15) is 57.5 Å². The largest absolute Gasteiger partial charge is 0.396 e. The lowest BCUT2D eigenvalue weighted by atomic mass is 10.1. The van der Waals surface area contributed by atoms with Crippen LogP contribution in [0.2, 0.25) is 0 Å². The summed E-state index contributed by atoms with van der Waals surface area (Å²) in [5.74, 6) is -0.0200. The Balaban J connectivity index is 0.00000281. The van der Waals surface area contributed by atoms with Gasteiger partial charge in [0.05, 0.1) is 28.5 Å². The van der Waals surface area contributed by atoms with Crippen molar-refractivity contribution in [2.45, 2.75) is 53.1 Å². The Morgan fingerprint density at radius 2 is 1.95 bits per heavy atom. The number of aromatic nitrogens is 2. The summed E-state index contributed by atoms with van der Waals surface area (Å²) >= 11 is 9.91. The molecule has 0 saturated carbocycles. The van der Waals surface area contributed by atoms with Crippen LogP contribution in [0.4, 0.5) is 0 Å². The minimum atomic E-state index is -0.219. The van der Waals surface area contributed by atoms with Crippen LogP contribution in [-0.2, 0) is 9.63 Å². The van der Waals surface area contributed by atoms with Gasteiger partial charge in [0.1, 0.15) is 12.8 Å². The summed E-state index contributed by atoms with van der Waals surface area (Å²) in [4.78, 5) is 19.9. The zero-order chi connectivity index (χ0) is 31.5. The molecule has 228 valence electrons. The summed E-state index contributed by atoms with van der Waals surface area (Å²) in [5.41, 5.74) is 4.09. The number of halogens is 2. The highest BCUT2D eigenvalue weighted by molar-refractivity contribution is 9.10. The Labute approximate surface area is 265 Å². The summed E-state index contributed by atoms with van der Waals surface area (Å²) in [6.45, 7) is 20.8. The van der Waals surface area contributed by atoms with Crippen LogP contribution in [0.3, 0.4) is 0 Å². The van der Waals surface area contributed by atoms with Crippen molar-refractivity contribution in [3.8, 4) is 0 Å². The number of nitrogens with one attached hydrogen (secondary N) is 1. The average Bonchev–Trinajstić information content (AvgIpc) is 3.32. The van der Waals surface area contributed by atoms with Crippen molar-refractivity contribution in [2.75, 3.05) is 26.7 Å². The first-order chi connectivity index (χ1) is 20.1. The highest BCUT2D eigenvalue weighted by Gasteiger charge is 2.16. The first kappa shape index (κ1) is 36.8. The van der Waals surface area contributed by atoms with Gasteiger partial charge in [0.25, 0.3) is 0 Å². The molecule has 1 aromatic carbocycles. The normalized spacial score (nSPS) is 12.6. The summed E-state index contributed by atoms with van der Waals surface area (Å²) in [7, 11) is 1.81. The van der Waals surface area contributed by atoms with Gasteiger partial charge in [-0.3, -0.25) is 10.1 Å². The molecule has 2 aromatic rings. The number of benzene rings is 1. The third-order valence-corrected chi connectivity index (χ3v) is 7.31. The molecule has 1 aromatic heterocycles.